The molecule has 4 heterocycles. The molecule has 0 radical (unpaired) electrons. The third kappa shape index (κ3) is 4.33. The van der Waals surface area contributed by atoms with Crippen LogP contribution in [-0.2, 0) is 0 Å². The number of aromatic nitrogens is 1. The molecule has 12 aromatic rings. The number of thiophene rings is 1. The van der Waals surface area contributed by atoms with E-state index in [0.717, 1.165) is 93.9 Å². The number of para-hydroxylation sites is 3. The molecule has 252 valence electrons. The summed E-state index contributed by atoms with van der Waals surface area (Å²) in [6.45, 7) is 0. The first-order valence-electron chi connectivity index (χ1n) is 18.1. The highest BCUT2D eigenvalue weighted by atomic mass is 32.1. The molecule has 0 fully saturated rings. The Morgan fingerprint density at radius 2 is 0.981 bits per heavy atom. The summed E-state index contributed by atoms with van der Waals surface area (Å²) in [5.74, 6) is 0. The molecule has 4 nitrogen and oxygen atoms in total. The van der Waals surface area contributed by atoms with Crippen molar-refractivity contribution in [3.8, 4) is 11.3 Å². The Labute approximate surface area is 312 Å². The number of rotatable bonds is 4. The molecular formula is C49H28N2O2S. The van der Waals surface area contributed by atoms with E-state index in [2.05, 4.69) is 150 Å². The van der Waals surface area contributed by atoms with Gasteiger partial charge in [-0.15, -0.1) is 11.3 Å². The number of pyridine rings is 1. The monoisotopic (exact) mass is 708 g/mol. The van der Waals surface area contributed by atoms with Crippen LogP contribution in [0.3, 0.4) is 0 Å². The van der Waals surface area contributed by atoms with E-state index in [1.165, 1.54) is 20.2 Å². The highest BCUT2D eigenvalue weighted by Gasteiger charge is 2.20. The van der Waals surface area contributed by atoms with Gasteiger partial charge in [0.25, 0.3) is 0 Å². The van der Waals surface area contributed by atoms with Gasteiger partial charge in [0.15, 0.2) is 0 Å². The minimum Gasteiger partial charge on any atom is -0.456 e. The number of hydrogen-bond donors (Lipinski definition) is 0. The molecule has 8 aromatic carbocycles. The van der Waals surface area contributed by atoms with Gasteiger partial charge in [-0.3, -0.25) is 0 Å². The van der Waals surface area contributed by atoms with Crippen LogP contribution in [0.4, 0.5) is 17.1 Å². The molecule has 0 amide bonds. The molecule has 0 saturated carbocycles. The van der Waals surface area contributed by atoms with Gasteiger partial charge in [0.1, 0.15) is 22.3 Å². The van der Waals surface area contributed by atoms with Crippen molar-refractivity contribution < 1.29 is 8.83 Å². The molecule has 4 aromatic heterocycles. The van der Waals surface area contributed by atoms with Crippen molar-refractivity contribution in [2.75, 3.05) is 4.90 Å². The van der Waals surface area contributed by atoms with E-state index in [0.29, 0.717) is 0 Å². The van der Waals surface area contributed by atoms with Gasteiger partial charge in [-0.25, -0.2) is 4.98 Å². The summed E-state index contributed by atoms with van der Waals surface area (Å²) >= 11 is 1.83. The van der Waals surface area contributed by atoms with E-state index in [1.54, 1.807) is 0 Å². The molecule has 0 aliphatic carbocycles. The maximum absolute atomic E-state index is 6.57. The maximum Gasteiger partial charge on any atom is 0.144 e. The van der Waals surface area contributed by atoms with E-state index in [4.69, 9.17) is 13.8 Å². The van der Waals surface area contributed by atoms with Crippen LogP contribution in [0.1, 0.15) is 0 Å². The zero-order valence-electron chi connectivity index (χ0n) is 28.8. The maximum atomic E-state index is 6.57. The Hall–Kier alpha value is -6.95. The van der Waals surface area contributed by atoms with Gasteiger partial charge >= 0.3 is 0 Å². The summed E-state index contributed by atoms with van der Waals surface area (Å²) in [4.78, 5) is 7.59. The van der Waals surface area contributed by atoms with Crippen molar-refractivity contribution in [3.63, 3.8) is 0 Å². The Morgan fingerprint density at radius 3 is 1.81 bits per heavy atom. The molecule has 0 aliphatic rings. The van der Waals surface area contributed by atoms with Gasteiger partial charge < -0.3 is 13.7 Å². The van der Waals surface area contributed by atoms with Crippen molar-refractivity contribution in [3.05, 3.63) is 170 Å². The summed E-state index contributed by atoms with van der Waals surface area (Å²) in [6, 6.07) is 60.0. The molecule has 12 rings (SSSR count). The van der Waals surface area contributed by atoms with Crippen LogP contribution in [0.25, 0.3) is 97.0 Å². The van der Waals surface area contributed by atoms with E-state index in [1.807, 2.05) is 35.6 Å². The Bertz CT molecular complexity index is 3350. The number of hydrogen-bond acceptors (Lipinski definition) is 5. The second kappa shape index (κ2) is 11.3. The summed E-state index contributed by atoms with van der Waals surface area (Å²) in [5, 5.41) is 10.3. The van der Waals surface area contributed by atoms with Crippen molar-refractivity contribution in [2.45, 2.75) is 0 Å². The van der Waals surface area contributed by atoms with Crippen molar-refractivity contribution in [1.82, 2.24) is 4.98 Å². The molecule has 0 unspecified atom stereocenters. The highest BCUT2D eigenvalue weighted by Crippen LogP contribution is 2.44. The van der Waals surface area contributed by atoms with Crippen molar-refractivity contribution >= 4 is 114 Å². The smallest absolute Gasteiger partial charge is 0.144 e. The lowest BCUT2D eigenvalue weighted by atomic mass is 9.97. The minimum absolute atomic E-state index is 0.863. The predicted octanol–water partition coefficient (Wildman–Crippen LogP) is 14.7. The first-order chi connectivity index (χ1) is 26.7. The molecule has 0 atom stereocenters. The van der Waals surface area contributed by atoms with Gasteiger partial charge in [0.2, 0.25) is 0 Å². The molecule has 54 heavy (non-hydrogen) atoms. The van der Waals surface area contributed by atoms with E-state index >= 15 is 0 Å². The van der Waals surface area contributed by atoms with Crippen molar-refractivity contribution in [1.29, 1.82) is 0 Å². The molecular weight excluding hydrogens is 681 g/mol. The fourth-order valence-corrected chi connectivity index (χ4v) is 9.50. The van der Waals surface area contributed by atoms with E-state index in [9.17, 15) is 0 Å². The quantitative estimate of drug-likeness (QED) is 0.171. The van der Waals surface area contributed by atoms with Crippen LogP contribution >= 0.6 is 11.3 Å². The lowest BCUT2D eigenvalue weighted by Gasteiger charge is -2.26. The topological polar surface area (TPSA) is 42.4 Å². The van der Waals surface area contributed by atoms with Gasteiger partial charge in [-0.1, -0.05) is 97.1 Å². The standard InChI is InChI=1S/C49H28N2O2S/c1-5-13-41-39(12-1)47-40(26-25-38-34-10-3-7-15-43(34)53-49(38)47)48(50-41)29-17-19-30(20-18-29)51(31-21-23-35-33-9-2-6-14-42(33)52-44(35)27-31)32-22-24-37-36-11-4-8-16-45(36)54-46(37)28-32/h1-28H. The molecule has 0 spiro atoms. The second-order valence-corrected chi connectivity index (χ2v) is 15.0. The molecule has 0 N–H and O–H groups in total. The van der Waals surface area contributed by atoms with E-state index in [-0.39, 0.29) is 0 Å². The molecule has 0 bridgehead atoms. The lowest BCUT2D eigenvalue weighted by molar-refractivity contribution is 0.669. The van der Waals surface area contributed by atoms with Gasteiger partial charge in [0, 0.05) is 86.6 Å². The van der Waals surface area contributed by atoms with E-state index < -0.39 is 0 Å². The third-order valence-electron chi connectivity index (χ3n) is 10.8. The zero-order valence-corrected chi connectivity index (χ0v) is 29.6. The lowest BCUT2D eigenvalue weighted by Crippen LogP contribution is -2.09. The largest absolute Gasteiger partial charge is 0.456 e. The Balaban J connectivity index is 1.05. The van der Waals surface area contributed by atoms with Crippen LogP contribution in [0.15, 0.2) is 179 Å². The third-order valence-corrected chi connectivity index (χ3v) is 12.0. The number of anilines is 3. The summed E-state index contributed by atoms with van der Waals surface area (Å²) in [6.07, 6.45) is 0. The van der Waals surface area contributed by atoms with Crippen LogP contribution in [0, 0.1) is 0 Å². The Morgan fingerprint density at radius 1 is 0.407 bits per heavy atom. The minimum atomic E-state index is 0.863. The average molecular weight is 709 g/mol. The van der Waals surface area contributed by atoms with Crippen LogP contribution < -0.4 is 4.90 Å². The summed E-state index contributed by atoms with van der Waals surface area (Å²) in [5.41, 5.74) is 9.60. The first kappa shape index (κ1) is 29.6. The van der Waals surface area contributed by atoms with Crippen molar-refractivity contribution in [2.24, 2.45) is 0 Å². The number of furan rings is 2. The molecule has 5 heteroatoms. The van der Waals surface area contributed by atoms with Gasteiger partial charge in [-0.05, 0) is 66.7 Å². The van der Waals surface area contributed by atoms with Gasteiger partial charge in [0.05, 0.1) is 11.2 Å². The SMILES string of the molecule is c1ccc2c(c1)nc(-c1ccc(N(c3ccc4c(c3)oc3ccccc34)c3ccc4c(c3)sc3ccccc34)cc1)c1ccc3c4ccccc4oc3c12. The zero-order chi connectivity index (χ0) is 35.3. The fraction of sp³-hybridized carbons (Fsp3) is 0. The Kier molecular flexibility index (Phi) is 6.18. The number of nitrogens with zero attached hydrogens (tertiary/aromatic N) is 2. The summed E-state index contributed by atoms with van der Waals surface area (Å²) in [7, 11) is 0. The van der Waals surface area contributed by atoms with Crippen LogP contribution in [0.5, 0.6) is 0 Å². The summed E-state index contributed by atoms with van der Waals surface area (Å²) < 4.78 is 15.5. The highest BCUT2D eigenvalue weighted by molar-refractivity contribution is 7.25. The first-order valence-corrected chi connectivity index (χ1v) is 18.9. The second-order valence-electron chi connectivity index (χ2n) is 13.9. The fourth-order valence-electron chi connectivity index (χ4n) is 8.36. The normalized spacial score (nSPS) is 12.1. The number of fused-ring (bicyclic) bond motifs is 13. The predicted molar refractivity (Wildman–Crippen MR) is 227 cm³/mol. The average Bonchev–Trinajstić information content (AvgIpc) is 3.91. The molecule has 0 saturated heterocycles. The molecule has 0 aliphatic heterocycles. The van der Waals surface area contributed by atoms with Crippen LogP contribution in [-0.4, -0.2) is 4.98 Å². The van der Waals surface area contributed by atoms with Crippen LogP contribution in [0.2, 0.25) is 0 Å². The van der Waals surface area contributed by atoms with Gasteiger partial charge in [-0.2, -0.15) is 0 Å². The number of benzene rings is 8.